The lowest BCUT2D eigenvalue weighted by Crippen LogP contribution is -1.95. The van der Waals surface area contributed by atoms with Crippen molar-refractivity contribution in [3.63, 3.8) is 0 Å². The molecule has 0 saturated heterocycles. The van der Waals surface area contributed by atoms with Crippen molar-refractivity contribution in [2.75, 3.05) is 0 Å². The van der Waals surface area contributed by atoms with E-state index in [9.17, 15) is 10.2 Å². The van der Waals surface area contributed by atoms with Gasteiger partial charge in [-0.25, -0.2) is 0 Å². The molecule has 0 amide bonds. The van der Waals surface area contributed by atoms with Crippen LogP contribution in [-0.4, -0.2) is 10.2 Å². The van der Waals surface area contributed by atoms with Crippen LogP contribution in [0.15, 0.2) is 97.1 Å². The number of benzene rings is 5. The molecule has 0 spiro atoms. The molecule has 140 valence electrons. The average Bonchev–Trinajstić information content (AvgIpc) is 2.74. The van der Waals surface area contributed by atoms with Crippen LogP contribution in [0.5, 0.6) is 11.5 Å². The van der Waals surface area contributed by atoms with Crippen molar-refractivity contribution in [3.05, 3.63) is 108 Å². The van der Waals surface area contributed by atoms with E-state index in [1.54, 1.807) is 18.2 Å². The molecular weight excluding hydrogens is 356 g/mol. The number of phenols is 2. The third-order valence-electron chi connectivity index (χ3n) is 5.48. The molecule has 0 aliphatic carbocycles. The number of fused-ring (bicyclic) bond motifs is 2. The van der Waals surface area contributed by atoms with Crippen LogP contribution in [0.1, 0.15) is 11.1 Å². The Morgan fingerprint density at radius 1 is 0.552 bits per heavy atom. The topological polar surface area (TPSA) is 40.5 Å². The zero-order valence-corrected chi connectivity index (χ0v) is 15.8. The van der Waals surface area contributed by atoms with Gasteiger partial charge in [0.15, 0.2) is 0 Å². The first-order valence-corrected chi connectivity index (χ1v) is 9.70. The van der Waals surface area contributed by atoms with Gasteiger partial charge in [-0.05, 0) is 62.9 Å². The van der Waals surface area contributed by atoms with Crippen LogP contribution in [-0.2, 0) is 6.42 Å². The Kier molecular flexibility index (Phi) is 4.18. The molecule has 0 aliphatic heterocycles. The lowest BCUT2D eigenvalue weighted by Gasteiger charge is -2.17. The molecule has 5 rings (SSSR count). The molecule has 29 heavy (non-hydrogen) atoms. The molecule has 0 heterocycles. The maximum absolute atomic E-state index is 10.9. The van der Waals surface area contributed by atoms with Gasteiger partial charge in [0, 0.05) is 5.56 Å². The van der Waals surface area contributed by atoms with E-state index in [1.807, 2.05) is 42.5 Å². The minimum Gasteiger partial charge on any atom is -0.508 e. The van der Waals surface area contributed by atoms with E-state index in [0.29, 0.717) is 6.42 Å². The van der Waals surface area contributed by atoms with Gasteiger partial charge in [0.05, 0.1) is 0 Å². The molecule has 0 saturated carbocycles. The SMILES string of the molecule is Oc1cccc(Cc2ccc3ccccc3c2-c2c(O)ccc3ccccc23)c1. The lowest BCUT2D eigenvalue weighted by atomic mass is 9.87. The number of hydrogen-bond donors (Lipinski definition) is 2. The Morgan fingerprint density at radius 2 is 1.21 bits per heavy atom. The molecule has 5 aromatic carbocycles. The molecule has 0 fully saturated rings. The summed E-state index contributed by atoms with van der Waals surface area (Å²) in [7, 11) is 0. The van der Waals surface area contributed by atoms with E-state index in [4.69, 9.17) is 0 Å². The highest BCUT2D eigenvalue weighted by Crippen LogP contribution is 2.42. The Balaban J connectivity index is 1.84. The second-order valence-electron chi connectivity index (χ2n) is 7.35. The van der Waals surface area contributed by atoms with Crippen molar-refractivity contribution in [3.8, 4) is 22.6 Å². The van der Waals surface area contributed by atoms with Gasteiger partial charge in [0.25, 0.3) is 0 Å². The van der Waals surface area contributed by atoms with Gasteiger partial charge in [-0.1, -0.05) is 78.9 Å². The summed E-state index contributed by atoms with van der Waals surface area (Å²) in [5, 5.41) is 25.2. The Morgan fingerprint density at radius 3 is 1.93 bits per heavy atom. The Labute approximate surface area is 169 Å². The second kappa shape index (κ2) is 6.99. The second-order valence-corrected chi connectivity index (χ2v) is 7.35. The highest BCUT2D eigenvalue weighted by molar-refractivity contribution is 6.08. The van der Waals surface area contributed by atoms with Crippen LogP contribution < -0.4 is 0 Å². The maximum Gasteiger partial charge on any atom is 0.124 e. The van der Waals surface area contributed by atoms with Gasteiger partial charge < -0.3 is 10.2 Å². The standard InChI is InChI=1S/C27H20O2/c28-22-9-5-6-18(17-22)16-21-13-12-19-7-1-3-10-23(19)26(21)27-24-11-4-2-8-20(24)14-15-25(27)29/h1-15,17,28-29H,16H2. The van der Waals surface area contributed by atoms with Crippen molar-refractivity contribution in [2.24, 2.45) is 0 Å². The summed E-state index contributed by atoms with van der Waals surface area (Å²) in [5.74, 6) is 0.537. The molecule has 2 N–H and O–H groups in total. The quantitative estimate of drug-likeness (QED) is 0.369. The molecule has 0 radical (unpaired) electrons. The molecule has 0 atom stereocenters. The Bertz CT molecular complexity index is 1350. The summed E-state index contributed by atoms with van der Waals surface area (Å²) in [6, 6.07) is 31.8. The zero-order chi connectivity index (χ0) is 19.8. The summed E-state index contributed by atoms with van der Waals surface area (Å²) in [6.07, 6.45) is 0.664. The highest BCUT2D eigenvalue weighted by atomic mass is 16.3. The monoisotopic (exact) mass is 376 g/mol. The van der Waals surface area contributed by atoms with Gasteiger partial charge in [0.2, 0.25) is 0 Å². The van der Waals surface area contributed by atoms with Gasteiger partial charge >= 0.3 is 0 Å². The molecule has 0 aromatic heterocycles. The normalized spacial score (nSPS) is 11.2. The number of aromatic hydroxyl groups is 2. The third-order valence-corrected chi connectivity index (χ3v) is 5.48. The molecule has 5 aromatic rings. The van der Waals surface area contributed by atoms with Crippen LogP contribution in [0.2, 0.25) is 0 Å². The largest absolute Gasteiger partial charge is 0.508 e. The molecule has 0 bridgehead atoms. The van der Waals surface area contributed by atoms with Crippen LogP contribution in [0.25, 0.3) is 32.7 Å². The predicted molar refractivity (Wildman–Crippen MR) is 119 cm³/mol. The smallest absolute Gasteiger partial charge is 0.124 e. The van der Waals surface area contributed by atoms with E-state index >= 15 is 0 Å². The molecule has 2 heteroatoms. The minimum atomic E-state index is 0.262. The van der Waals surface area contributed by atoms with Crippen LogP contribution in [0, 0.1) is 0 Å². The fourth-order valence-electron chi connectivity index (χ4n) is 4.17. The van der Waals surface area contributed by atoms with Crippen molar-refractivity contribution in [2.45, 2.75) is 6.42 Å². The van der Waals surface area contributed by atoms with E-state index in [0.717, 1.165) is 43.8 Å². The number of hydrogen-bond acceptors (Lipinski definition) is 2. The first-order chi connectivity index (χ1) is 14.2. The van der Waals surface area contributed by atoms with E-state index in [2.05, 4.69) is 36.4 Å². The average molecular weight is 376 g/mol. The van der Waals surface area contributed by atoms with Crippen LogP contribution >= 0.6 is 0 Å². The third kappa shape index (κ3) is 3.09. The highest BCUT2D eigenvalue weighted by Gasteiger charge is 2.17. The Hall–Kier alpha value is -3.78. The van der Waals surface area contributed by atoms with Gasteiger partial charge in [-0.3, -0.25) is 0 Å². The maximum atomic E-state index is 10.9. The van der Waals surface area contributed by atoms with Crippen LogP contribution in [0.3, 0.4) is 0 Å². The fraction of sp³-hybridized carbons (Fsp3) is 0.0370. The van der Waals surface area contributed by atoms with Crippen molar-refractivity contribution >= 4 is 21.5 Å². The summed E-state index contributed by atoms with van der Waals surface area (Å²) in [5.41, 5.74) is 4.04. The predicted octanol–water partition coefficient (Wildman–Crippen LogP) is 6.66. The minimum absolute atomic E-state index is 0.262. The van der Waals surface area contributed by atoms with E-state index in [1.165, 1.54) is 0 Å². The number of phenolic OH excluding ortho intramolecular Hbond substituents is 2. The van der Waals surface area contributed by atoms with Gasteiger partial charge in [0.1, 0.15) is 11.5 Å². The van der Waals surface area contributed by atoms with Gasteiger partial charge in [-0.15, -0.1) is 0 Å². The van der Waals surface area contributed by atoms with Gasteiger partial charge in [-0.2, -0.15) is 0 Å². The zero-order valence-electron chi connectivity index (χ0n) is 15.8. The summed E-state index contributed by atoms with van der Waals surface area (Å²) >= 11 is 0. The first kappa shape index (κ1) is 17.3. The van der Waals surface area contributed by atoms with Crippen molar-refractivity contribution in [1.29, 1.82) is 0 Å². The summed E-state index contributed by atoms with van der Waals surface area (Å²) < 4.78 is 0. The number of rotatable bonds is 3. The fourth-order valence-corrected chi connectivity index (χ4v) is 4.17. The van der Waals surface area contributed by atoms with E-state index < -0.39 is 0 Å². The van der Waals surface area contributed by atoms with Crippen molar-refractivity contribution < 1.29 is 10.2 Å². The molecule has 0 unspecified atom stereocenters. The molecule has 0 aliphatic rings. The summed E-state index contributed by atoms with van der Waals surface area (Å²) in [6.45, 7) is 0. The lowest BCUT2D eigenvalue weighted by molar-refractivity contribution is 0.474. The van der Waals surface area contributed by atoms with Crippen molar-refractivity contribution in [1.82, 2.24) is 0 Å². The van der Waals surface area contributed by atoms with Crippen LogP contribution in [0.4, 0.5) is 0 Å². The first-order valence-electron chi connectivity index (χ1n) is 9.70. The molecular formula is C27H20O2. The van der Waals surface area contributed by atoms with E-state index in [-0.39, 0.29) is 11.5 Å². The molecule has 2 nitrogen and oxygen atoms in total. The summed E-state index contributed by atoms with van der Waals surface area (Å²) in [4.78, 5) is 0.